The molecule has 3 N–H and O–H groups in total. The Balaban J connectivity index is 2.08. The van der Waals surface area contributed by atoms with Crippen LogP contribution in [0.25, 0.3) is 0 Å². The lowest BCUT2D eigenvalue weighted by Crippen LogP contribution is -1.97. The molecule has 5 nitrogen and oxygen atoms in total. The van der Waals surface area contributed by atoms with Crippen molar-refractivity contribution in [2.24, 2.45) is 8.73 Å². The first kappa shape index (κ1) is 13.8. The van der Waals surface area contributed by atoms with Crippen LogP contribution in [-0.4, -0.2) is 4.98 Å². The van der Waals surface area contributed by atoms with E-state index in [2.05, 4.69) is 35.0 Å². The summed E-state index contributed by atoms with van der Waals surface area (Å²) in [7, 11) is 0. The maximum atomic E-state index is 6.22. The number of aromatic nitrogens is 1. The topological polar surface area (TPSA) is 75.7 Å². The first-order chi connectivity index (χ1) is 9.56. The maximum absolute atomic E-state index is 6.22. The van der Waals surface area contributed by atoms with Crippen LogP contribution in [-0.2, 0) is 11.4 Å². The van der Waals surface area contributed by atoms with Crippen LogP contribution in [0.3, 0.4) is 0 Å². The lowest BCUT2D eigenvalue weighted by atomic mass is 10.2. The fourth-order valence-corrected chi connectivity index (χ4v) is 3.28. The SMILES string of the molecule is Nc1cnc(Nc2c(Cl)cc(Cl)c3c2N=S=N3)c(Br)c1. The first-order valence-corrected chi connectivity index (χ1v) is 7.62. The average Bonchev–Trinajstić information content (AvgIpc) is 2.86. The standard InChI is InChI=1S/C11H6BrCl2N5S/c12-5-1-4(15)3-16-11(5)17-8-6(13)2-7(14)9-10(8)19-20-18-9/h1-3H,15H2,(H,16,17). The highest BCUT2D eigenvalue weighted by Crippen LogP contribution is 2.48. The lowest BCUT2D eigenvalue weighted by molar-refractivity contribution is 1.29. The minimum atomic E-state index is 0.445. The fraction of sp³-hybridized carbons (Fsp3) is 0. The number of rotatable bonds is 2. The van der Waals surface area contributed by atoms with Crippen LogP contribution in [0.1, 0.15) is 0 Å². The van der Waals surface area contributed by atoms with Crippen molar-refractivity contribution in [1.82, 2.24) is 4.98 Å². The number of anilines is 3. The molecule has 0 atom stereocenters. The number of nitrogens with one attached hydrogen (secondary N) is 1. The summed E-state index contributed by atoms with van der Waals surface area (Å²) in [4.78, 5) is 4.21. The zero-order chi connectivity index (χ0) is 14.3. The molecule has 3 rings (SSSR count). The molecule has 102 valence electrons. The zero-order valence-corrected chi connectivity index (χ0v) is 13.6. The van der Waals surface area contributed by atoms with Gasteiger partial charge in [0.15, 0.2) is 0 Å². The van der Waals surface area contributed by atoms with Gasteiger partial charge in [0.25, 0.3) is 0 Å². The molecule has 1 aromatic carbocycles. The zero-order valence-electron chi connectivity index (χ0n) is 9.69. The van der Waals surface area contributed by atoms with Crippen LogP contribution < -0.4 is 11.1 Å². The summed E-state index contributed by atoms with van der Waals surface area (Å²) in [6, 6.07) is 3.37. The monoisotopic (exact) mass is 389 g/mol. The summed E-state index contributed by atoms with van der Waals surface area (Å²) in [6.07, 6.45) is 1.55. The van der Waals surface area contributed by atoms with Crippen molar-refractivity contribution >= 4 is 79.1 Å². The molecule has 0 saturated heterocycles. The van der Waals surface area contributed by atoms with Crippen molar-refractivity contribution < 1.29 is 0 Å². The second-order valence-electron chi connectivity index (χ2n) is 3.90. The molecule has 2 heterocycles. The number of pyridine rings is 1. The number of nitrogens with zero attached hydrogens (tertiary/aromatic N) is 3. The van der Waals surface area contributed by atoms with Gasteiger partial charge < -0.3 is 11.1 Å². The third kappa shape index (κ3) is 2.42. The number of nitrogen functional groups attached to an aromatic ring is 1. The molecule has 0 amide bonds. The van der Waals surface area contributed by atoms with Crippen molar-refractivity contribution in [3.05, 3.63) is 32.8 Å². The summed E-state index contributed by atoms with van der Waals surface area (Å²) in [5, 5.41) is 4.04. The van der Waals surface area contributed by atoms with Gasteiger partial charge in [0.1, 0.15) is 17.2 Å². The molecular formula is C11H6BrCl2N5S. The highest BCUT2D eigenvalue weighted by Gasteiger charge is 2.19. The van der Waals surface area contributed by atoms with Gasteiger partial charge in [-0.15, -0.1) is 0 Å². The predicted molar refractivity (Wildman–Crippen MR) is 87.6 cm³/mol. The summed E-state index contributed by atoms with van der Waals surface area (Å²) in [5.74, 6) is 0.581. The van der Waals surface area contributed by atoms with Crippen LogP contribution in [0, 0.1) is 0 Å². The van der Waals surface area contributed by atoms with Gasteiger partial charge in [-0.3, -0.25) is 0 Å². The minimum Gasteiger partial charge on any atom is -0.397 e. The molecule has 0 saturated carbocycles. The van der Waals surface area contributed by atoms with Gasteiger partial charge >= 0.3 is 0 Å². The van der Waals surface area contributed by atoms with Crippen molar-refractivity contribution in [1.29, 1.82) is 0 Å². The lowest BCUT2D eigenvalue weighted by Gasteiger charge is -2.12. The quantitative estimate of drug-likeness (QED) is 0.630. The third-order valence-corrected chi connectivity index (χ3v) is 4.27. The van der Waals surface area contributed by atoms with Gasteiger partial charge in [0, 0.05) is 0 Å². The van der Waals surface area contributed by atoms with E-state index < -0.39 is 0 Å². The van der Waals surface area contributed by atoms with E-state index in [1.807, 2.05) is 0 Å². The average molecular weight is 391 g/mol. The summed E-state index contributed by atoms with van der Waals surface area (Å²) < 4.78 is 9.08. The molecule has 1 aliphatic rings. The Morgan fingerprint density at radius 3 is 2.65 bits per heavy atom. The molecular weight excluding hydrogens is 385 g/mol. The number of benzene rings is 1. The van der Waals surface area contributed by atoms with Crippen molar-refractivity contribution in [3.8, 4) is 0 Å². The molecule has 1 aliphatic heterocycles. The van der Waals surface area contributed by atoms with Crippen molar-refractivity contribution in [3.63, 3.8) is 0 Å². The normalized spacial score (nSPS) is 12.2. The van der Waals surface area contributed by atoms with Crippen molar-refractivity contribution in [2.45, 2.75) is 0 Å². The number of nitrogens with two attached hydrogens (primary N) is 1. The Bertz CT molecular complexity index is 789. The van der Waals surface area contributed by atoms with E-state index in [-0.39, 0.29) is 0 Å². The maximum Gasteiger partial charge on any atom is 0.144 e. The smallest absolute Gasteiger partial charge is 0.144 e. The van der Waals surface area contributed by atoms with Crippen LogP contribution in [0.5, 0.6) is 0 Å². The van der Waals surface area contributed by atoms with E-state index in [9.17, 15) is 0 Å². The van der Waals surface area contributed by atoms with Gasteiger partial charge in [-0.25, -0.2) is 4.98 Å². The highest BCUT2D eigenvalue weighted by atomic mass is 79.9. The Labute approximate surface area is 136 Å². The van der Waals surface area contributed by atoms with E-state index in [0.717, 1.165) is 15.8 Å². The summed E-state index contributed by atoms with van der Waals surface area (Å²) >= 11 is 16.8. The molecule has 0 unspecified atom stereocenters. The number of hydrogen-bond acceptors (Lipinski definition) is 5. The Morgan fingerprint density at radius 2 is 1.90 bits per heavy atom. The van der Waals surface area contributed by atoms with Gasteiger partial charge in [-0.1, -0.05) is 23.2 Å². The molecule has 0 spiro atoms. The highest BCUT2D eigenvalue weighted by molar-refractivity contribution is 9.10. The second-order valence-corrected chi connectivity index (χ2v) is 6.10. The molecule has 0 radical (unpaired) electrons. The Morgan fingerprint density at radius 1 is 1.15 bits per heavy atom. The largest absolute Gasteiger partial charge is 0.397 e. The van der Waals surface area contributed by atoms with E-state index in [4.69, 9.17) is 28.9 Å². The van der Waals surface area contributed by atoms with Crippen LogP contribution in [0.2, 0.25) is 10.0 Å². The predicted octanol–water partition coefficient (Wildman–Crippen LogP) is 5.20. The number of halogens is 3. The molecule has 1 aromatic heterocycles. The summed E-state index contributed by atoms with van der Waals surface area (Å²) in [5.41, 5.74) is 8.05. The van der Waals surface area contributed by atoms with E-state index in [0.29, 0.717) is 38.6 Å². The van der Waals surface area contributed by atoms with Crippen LogP contribution >= 0.6 is 39.1 Å². The van der Waals surface area contributed by atoms with E-state index >= 15 is 0 Å². The van der Waals surface area contributed by atoms with Gasteiger partial charge in [0.05, 0.1) is 43.4 Å². The fourth-order valence-electron chi connectivity index (χ4n) is 1.66. The molecule has 0 aliphatic carbocycles. The van der Waals surface area contributed by atoms with Gasteiger partial charge in [0.2, 0.25) is 0 Å². The molecule has 2 aromatic rings. The number of fused-ring (bicyclic) bond motifs is 1. The Hall–Kier alpha value is -1.15. The summed E-state index contributed by atoms with van der Waals surface area (Å²) in [6.45, 7) is 0. The van der Waals surface area contributed by atoms with Gasteiger partial charge in [-0.05, 0) is 28.1 Å². The van der Waals surface area contributed by atoms with E-state index in [1.54, 1.807) is 18.3 Å². The third-order valence-electron chi connectivity index (χ3n) is 2.55. The molecule has 0 fully saturated rings. The number of hydrogen-bond donors (Lipinski definition) is 2. The molecule has 20 heavy (non-hydrogen) atoms. The van der Waals surface area contributed by atoms with Crippen molar-refractivity contribution in [2.75, 3.05) is 11.1 Å². The Kier molecular flexibility index (Phi) is 3.68. The molecule has 9 heteroatoms. The molecule has 0 bridgehead atoms. The van der Waals surface area contributed by atoms with Crippen LogP contribution in [0.15, 0.2) is 31.5 Å². The van der Waals surface area contributed by atoms with Gasteiger partial charge in [-0.2, -0.15) is 8.73 Å². The minimum absolute atomic E-state index is 0.445. The van der Waals surface area contributed by atoms with Crippen LogP contribution in [0.4, 0.5) is 28.6 Å². The van der Waals surface area contributed by atoms with E-state index in [1.165, 1.54) is 0 Å². The second kappa shape index (κ2) is 5.33. The first-order valence-electron chi connectivity index (χ1n) is 5.34.